The minimum atomic E-state index is -1.24. The summed E-state index contributed by atoms with van der Waals surface area (Å²) in [6.45, 7) is 11.0. The van der Waals surface area contributed by atoms with Gasteiger partial charge in [-0.05, 0) is 95.5 Å². The molecule has 6 amide bonds. The quantitative estimate of drug-likeness (QED) is 0.0364. The van der Waals surface area contributed by atoms with Crippen molar-refractivity contribution in [2.45, 2.75) is 141 Å². The van der Waals surface area contributed by atoms with Crippen LogP contribution in [0.3, 0.4) is 0 Å². The Labute approximate surface area is 502 Å². The van der Waals surface area contributed by atoms with E-state index in [9.17, 15) is 28.8 Å². The minimum Gasteiger partial charge on any atom is -0.383 e. The molecule has 0 saturated carbocycles. The number of Topliss-reactive ketones (excluding diaryl/α,β-unsaturated/α-hetero) is 2. The number of pyridine rings is 2. The molecule has 4 saturated heterocycles. The van der Waals surface area contributed by atoms with Crippen molar-refractivity contribution in [3.8, 4) is 22.3 Å². The molecular weight excluding hydrogens is 1130 g/mol. The van der Waals surface area contributed by atoms with Crippen LogP contribution in [0.4, 0.5) is 32.9 Å². The molecule has 29 heteroatoms. The molecule has 8 N–H and O–H groups in total. The van der Waals surface area contributed by atoms with E-state index in [1.165, 1.54) is 49.6 Å². The Kier molecular flexibility index (Phi) is 17.4. The fourth-order valence-corrected chi connectivity index (χ4v) is 13.3. The van der Waals surface area contributed by atoms with Crippen molar-refractivity contribution in [2.75, 3.05) is 49.3 Å². The molecule has 4 fully saturated rings. The molecule has 7 aromatic heterocycles. The summed E-state index contributed by atoms with van der Waals surface area (Å²) in [6.07, 6.45) is 15.5. The molecule has 28 nitrogen and oxygen atoms in total. The van der Waals surface area contributed by atoms with E-state index in [1.54, 1.807) is 41.6 Å². The van der Waals surface area contributed by atoms with Gasteiger partial charge in [-0.1, -0.05) is 27.1 Å². The lowest BCUT2D eigenvalue weighted by Gasteiger charge is -2.39. The van der Waals surface area contributed by atoms with Gasteiger partial charge < -0.3 is 36.6 Å². The third kappa shape index (κ3) is 12.1. The number of aromatic nitrogens is 11. The Morgan fingerprint density at radius 3 is 1.52 bits per heavy atom. The molecule has 12 rings (SSSR count). The first-order valence-electron chi connectivity index (χ1n) is 28.7. The lowest BCUT2D eigenvalue weighted by Crippen LogP contribution is -2.49. The van der Waals surface area contributed by atoms with E-state index in [4.69, 9.17) is 26.2 Å². The van der Waals surface area contributed by atoms with Gasteiger partial charge in [0.25, 0.3) is 11.8 Å². The largest absolute Gasteiger partial charge is 0.383 e. The van der Waals surface area contributed by atoms with Crippen LogP contribution in [0.15, 0.2) is 65.4 Å². The molecule has 0 aromatic carbocycles. The molecule has 12 heterocycles. The predicted octanol–water partition coefficient (Wildman–Crippen LogP) is 6.47. The van der Waals surface area contributed by atoms with Crippen molar-refractivity contribution in [3.63, 3.8) is 0 Å². The fraction of sp³-hybridized carbons (Fsp3) is 0.448. The number of hydrogen-bond donors (Lipinski definition) is 6. The van der Waals surface area contributed by atoms with E-state index in [-0.39, 0.29) is 103 Å². The highest BCUT2D eigenvalue weighted by atomic mass is 28.3. The molecule has 6 atom stereocenters. The van der Waals surface area contributed by atoms with Gasteiger partial charge in [-0.2, -0.15) is 24.3 Å². The average molecular weight is 1200 g/mol. The van der Waals surface area contributed by atoms with Crippen molar-refractivity contribution < 1.29 is 33.5 Å². The zero-order valence-corrected chi connectivity index (χ0v) is 49.9. The van der Waals surface area contributed by atoms with Crippen LogP contribution in [-0.4, -0.2) is 171 Å². The first kappa shape index (κ1) is 60.7. The number of urea groups is 2. The number of piperidine rings is 2. The second-order valence-electron chi connectivity index (χ2n) is 23.5. The van der Waals surface area contributed by atoms with Crippen molar-refractivity contribution >= 4 is 90.1 Å². The van der Waals surface area contributed by atoms with Crippen LogP contribution in [0, 0.1) is 0 Å². The zero-order valence-electron chi connectivity index (χ0n) is 48.9. The summed E-state index contributed by atoms with van der Waals surface area (Å²) in [4.78, 5) is 111. The van der Waals surface area contributed by atoms with Crippen LogP contribution < -0.4 is 32.7 Å². The van der Waals surface area contributed by atoms with E-state index in [2.05, 4.69) is 81.1 Å². The maximum atomic E-state index is 13.9. The van der Waals surface area contributed by atoms with E-state index in [0.29, 0.717) is 101 Å². The van der Waals surface area contributed by atoms with Gasteiger partial charge in [-0.15, -0.1) is 0 Å². The van der Waals surface area contributed by atoms with E-state index < -0.39 is 8.07 Å². The molecule has 5 aliphatic rings. The van der Waals surface area contributed by atoms with Gasteiger partial charge in [-0.25, -0.2) is 44.2 Å². The van der Waals surface area contributed by atoms with Crippen LogP contribution in [0.5, 0.6) is 0 Å². The maximum Gasteiger partial charge on any atom is 0.320 e. The first-order chi connectivity index (χ1) is 41.3. The zero-order chi connectivity index (χ0) is 60.7. The summed E-state index contributed by atoms with van der Waals surface area (Å²) in [5, 5.41) is 23.4. The molecule has 5 aliphatic heterocycles. The van der Waals surface area contributed by atoms with Crippen LogP contribution in [-0.2, 0) is 16.3 Å². The first-order valence-corrected chi connectivity index (χ1v) is 32.4. The Bertz CT molecular complexity index is 3840. The Balaban J connectivity index is 0.000000193. The smallest absolute Gasteiger partial charge is 0.320 e. The Morgan fingerprint density at radius 1 is 0.644 bits per heavy atom. The second kappa shape index (κ2) is 24.9. The molecule has 0 aliphatic carbocycles. The van der Waals surface area contributed by atoms with Crippen LogP contribution >= 0.6 is 0 Å². The number of ether oxygens (including phenoxy) is 1. The van der Waals surface area contributed by atoms with Gasteiger partial charge in [-0.3, -0.25) is 34.8 Å². The second-order valence-corrected chi connectivity index (χ2v) is 29.1. The Hall–Kier alpha value is -9.38. The molecule has 7 aromatic rings. The van der Waals surface area contributed by atoms with Crippen molar-refractivity contribution in [1.29, 1.82) is 0 Å². The summed E-state index contributed by atoms with van der Waals surface area (Å²) in [5.74, 6) is 0.817. The van der Waals surface area contributed by atoms with Crippen LogP contribution in [0.2, 0.25) is 25.7 Å². The van der Waals surface area contributed by atoms with Crippen LogP contribution in [0.25, 0.3) is 33.5 Å². The number of nitrogens with zero attached hydrogens (tertiary/aromatic N) is 15. The number of carbonyl (C=O) groups excluding carboxylic acids is 6. The molecule has 2 unspecified atom stereocenters. The third-order valence-electron chi connectivity index (χ3n) is 16.7. The minimum absolute atomic E-state index is 0. The van der Waals surface area contributed by atoms with E-state index in [0.717, 1.165) is 42.9 Å². The summed E-state index contributed by atoms with van der Waals surface area (Å²) in [6, 6.07) is 7.27. The molecule has 456 valence electrons. The van der Waals surface area contributed by atoms with Gasteiger partial charge in [0.15, 0.2) is 22.9 Å². The standard InChI is InChI=1S/C31H41N11O4Si.C26H28N10O3.CH4/c1-18(43)25-26(39-28-23(15-36-42(28)27(25)32)19-6-9-24(34-14-19)38-31(45)33-2)20-12-21-7-8-22(13-20)41(21)30(44)29-35-16-37-40(29)17-46-10-11-47(3,4)5;1-13(37)21-22(15-7-16-4-5-17(8-15)35(16)25(38)19-11-29-12-31-19)34-24-18(10-32-36(24)23(21)27)14-3-6-20(30-9-14)33-26(39)28-2;/h6,9,14-16,20-22H,7-8,10-13,17,32H2,1-5H3,(H2,33,34,38,45);3,6,9-10,12,15-17H,4-5,7-8,11,27H2,1-2H3,(H2,28,30,33,39);1H4/t20?,21-,22+;15?,16-,17+;. The van der Waals surface area contributed by atoms with Crippen molar-refractivity contribution in [3.05, 3.63) is 83.7 Å². The number of fused-ring (bicyclic) bond motifs is 6. The highest BCUT2D eigenvalue weighted by Gasteiger charge is 2.48. The lowest BCUT2D eigenvalue weighted by atomic mass is 9.85. The van der Waals surface area contributed by atoms with E-state index >= 15 is 0 Å². The topological polar surface area (TPSA) is 360 Å². The van der Waals surface area contributed by atoms with Crippen molar-refractivity contribution in [2.24, 2.45) is 9.98 Å². The molecule has 0 spiro atoms. The predicted molar refractivity (Wildman–Crippen MR) is 330 cm³/mol. The normalized spacial score (nSPS) is 20.1. The number of nitrogen functional groups attached to an aromatic ring is 2. The summed E-state index contributed by atoms with van der Waals surface area (Å²) >= 11 is 0. The maximum absolute atomic E-state index is 13.9. The van der Waals surface area contributed by atoms with Gasteiger partial charge in [0.1, 0.15) is 48.4 Å². The van der Waals surface area contributed by atoms with Gasteiger partial charge in [0.05, 0.1) is 41.5 Å². The van der Waals surface area contributed by atoms with Crippen LogP contribution in [0.1, 0.15) is 127 Å². The molecule has 87 heavy (non-hydrogen) atoms. The average Bonchev–Trinajstić information content (AvgIpc) is 1.90. The number of nitrogens with one attached hydrogen (secondary N) is 4. The summed E-state index contributed by atoms with van der Waals surface area (Å²) < 4.78 is 10.4. The highest BCUT2D eigenvalue weighted by molar-refractivity contribution is 6.76. The number of aliphatic imine (C=N–C) groups is 2. The Morgan fingerprint density at radius 2 is 1.11 bits per heavy atom. The number of nitrogens with two attached hydrogens (primary N) is 2. The third-order valence-corrected chi connectivity index (χ3v) is 18.4. The van der Waals surface area contributed by atoms with Crippen molar-refractivity contribution in [1.82, 2.24) is 74.4 Å². The van der Waals surface area contributed by atoms with Gasteiger partial charge in [0.2, 0.25) is 5.82 Å². The molecule has 0 radical (unpaired) electrons. The van der Waals surface area contributed by atoms with Gasteiger partial charge >= 0.3 is 12.1 Å². The summed E-state index contributed by atoms with van der Waals surface area (Å²) in [7, 11) is 1.81. The fourth-order valence-electron chi connectivity index (χ4n) is 12.6. The number of amides is 6. The molecule has 4 bridgehead atoms. The SMILES string of the molecule is C.CNC(=O)Nc1ccc(-c2cnn3c(N)c(C(C)=O)c(C4C[C@H]5CC[C@@H](C4)N5C(=O)C4=NC=NC4)nc23)cn1.CNC(=O)Nc1ccc(-c2cnn3c(N)c(C(C)=O)c(C4C[C@H]5CC[C@@H](C4)N5C(=O)c4ncnn4COCC[Si](C)(C)C)nc23)cn1. The highest BCUT2D eigenvalue weighted by Crippen LogP contribution is 2.47. The number of hydrogen-bond acceptors (Lipinski definition) is 19. The molecular formula is C58H73N21O7Si. The van der Waals surface area contributed by atoms with Gasteiger partial charge in [0, 0.05) is 99.4 Å². The number of carbonyl (C=O) groups is 6. The number of ketones is 2. The lowest BCUT2D eigenvalue weighted by molar-refractivity contribution is -0.128. The van der Waals surface area contributed by atoms with E-state index in [1.807, 2.05) is 21.9 Å². The summed E-state index contributed by atoms with van der Waals surface area (Å²) in [5.41, 5.74) is 19.5. The number of rotatable bonds is 15. The number of anilines is 4. The monoisotopic (exact) mass is 1200 g/mol.